The highest BCUT2D eigenvalue weighted by molar-refractivity contribution is 7.14. The van der Waals surface area contributed by atoms with E-state index >= 15 is 0 Å². The van der Waals surface area contributed by atoms with E-state index in [4.69, 9.17) is 0 Å². The van der Waals surface area contributed by atoms with Crippen LogP contribution in [-0.2, 0) is 6.54 Å². The van der Waals surface area contributed by atoms with Crippen molar-refractivity contribution in [3.8, 4) is 11.3 Å². The Hall–Kier alpha value is -2.50. The first kappa shape index (κ1) is 20.2. The molecule has 5 heteroatoms. The molecule has 0 aliphatic rings. The normalized spacial score (nSPS) is 11.8. The van der Waals surface area contributed by atoms with Gasteiger partial charge < -0.3 is 0 Å². The predicted octanol–water partition coefficient (Wildman–Crippen LogP) is 5.87. The Morgan fingerprint density at radius 2 is 1.68 bits per heavy atom. The van der Waals surface area contributed by atoms with Crippen molar-refractivity contribution in [2.45, 2.75) is 46.3 Å². The van der Waals surface area contributed by atoms with Gasteiger partial charge in [0.15, 0.2) is 0 Å². The molecule has 4 nitrogen and oxygen atoms in total. The SMILES string of the molecule is CC(C)N(Cc1ccc(C=NNc2nc(-c3ccccc3)cs2)cc1)C(C)C. The van der Waals surface area contributed by atoms with Crippen molar-refractivity contribution < 1.29 is 0 Å². The molecule has 0 atom stereocenters. The monoisotopic (exact) mass is 392 g/mol. The van der Waals surface area contributed by atoms with E-state index in [9.17, 15) is 0 Å². The molecule has 2 aromatic carbocycles. The van der Waals surface area contributed by atoms with Crippen LogP contribution >= 0.6 is 11.3 Å². The number of hydrazone groups is 1. The van der Waals surface area contributed by atoms with Gasteiger partial charge in [-0.2, -0.15) is 5.10 Å². The summed E-state index contributed by atoms with van der Waals surface area (Å²) in [5, 5.41) is 7.16. The van der Waals surface area contributed by atoms with Crippen LogP contribution in [0, 0.1) is 0 Å². The standard InChI is InChI=1S/C23H28N4S/c1-17(2)27(18(3)4)15-20-12-10-19(11-13-20)14-24-26-23-25-22(16-28-23)21-8-6-5-7-9-21/h5-14,16-18H,15H2,1-4H3,(H,25,26). The molecule has 1 aromatic heterocycles. The molecule has 3 rings (SSSR count). The highest BCUT2D eigenvalue weighted by Crippen LogP contribution is 2.24. The van der Waals surface area contributed by atoms with E-state index < -0.39 is 0 Å². The first-order valence-corrected chi connectivity index (χ1v) is 10.6. The van der Waals surface area contributed by atoms with Gasteiger partial charge >= 0.3 is 0 Å². The van der Waals surface area contributed by atoms with Gasteiger partial charge in [0, 0.05) is 29.6 Å². The molecule has 1 N–H and O–H groups in total. The molecule has 28 heavy (non-hydrogen) atoms. The van der Waals surface area contributed by atoms with Gasteiger partial charge in [-0.15, -0.1) is 11.3 Å². The summed E-state index contributed by atoms with van der Waals surface area (Å²) in [6.07, 6.45) is 1.83. The summed E-state index contributed by atoms with van der Waals surface area (Å²) in [6.45, 7) is 9.94. The van der Waals surface area contributed by atoms with E-state index in [1.165, 1.54) is 5.56 Å². The van der Waals surface area contributed by atoms with Crippen LogP contribution in [0.1, 0.15) is 38.8 Å². The minimum Gasteiger partial charge on any atom is -0.294 e. The Morgan fingerprint density at radius 3 is 2.32 bits per heavy atom. The number of aromatic nitrogens is 1. The first-order valence-electron chi connectivity index (χ1n) is 9.67. The molecule has 0 aliphatic carbocycles. The largest absolute Gasteiger partial charge is 0.294 e. The summed E-state index contributed by atoms with van der Waals surface area (Å²) < 4.78 is 0. The van der Waals surface area contributed by atoms with Crippen LogP contribution < -0.4 is 5.43 Å². The maximum atomic E-state index is 4.58. The zero-order valence-electron chi connectivity index (χ0n) is 17.0. The second-order valence-electron chi connectivity index (χ2n) is 7.38. The third-order valence-electron chi connectivity index (χ3n) is 4.62. The molecule has 0 spiro atoms. The second kappa shape index (κ2) is 9.62. The molecule has 0 amide bonds. The molecule has 0 aliphatic heterocycles. The smallest absolute Gasteiger partial charge is 0.203 e. The van der Waals surface area contributed by atoms with Crippen LogP contribution in [0.5, 0.6) is 0 Å². The Kier molecular flexibility index (Phi) is 6.95. The zero-order chi connectivity index (χ0) is 19.9. The van der Waals surface area contributed by atoms with E-state index in [1.807, 2.05) is 29.8 Å². The zero-order valence-corrected chi connectivity index (χ0v) is 17.8. The number of benzene rings is 2. The van der Waals surface area contributed by atoms with Gasteiger partial charge in [0.1, 0.15) is 0 Å². The summed E-state index contributed by atoms with van der Waals surface area (Å²) >= 11 is 1.55. The summed E-state index contributed by atoms with van der Waals surface area (Å²) in [7, 11) is 0. The first-order chi connectivity index (χ1) is 13.5. The molecule has 1 heterocycles. The van der Waals surface area contributed by atoms with E-state index in [1.54, 1.807) is 11.3 Å². The summed E-state index contributed by atoms with van der Waals surface area (Å²) in [4.78, 5) is 7.06. The van der Waals surface area contributed by atoms with Crippen molar-refractivity contribution in [1.29, 1.82) is 0 Å². The lowest BCUT2D eigenvalue weighted by atomic mass is 10.1. The molecular weight excluding hydrogens is 364 g/mol. The summed E-state index contributed by atoms with van der Waals surface area (Å²) in [5.41, 5.74) is 7.49. The number of hydrogen-bond donors (Lipinski definition) is 1. The van der Waals surface area contributed by atoms with E-state index in [0.717, 1.165) is 28.5 Å². The predicted molar refractivity (Wildman–Crippen MR) is 121 cm³/mol. The molecule has 0 bridgehead atoms. The molecule has 0 saturated carbocycles. The highest BCUT2D eigenvalue weighted by Gasteiger charge is 2.13. The third-order valence-corrected chi connectivity index (χ3v) is 5.37. The Morgan fingerprint density at radius 1 is 1.00 bits per heavy atom. The van der Waals surface area contributed by atoms with Crippen molar-refractivity contribution in [1.82, 2.24) is 9.88 Å². The van der Waals surface area contributed by atoms with Crippen LogP contribution in [0.3, 0.4) is 0 Å². The average molecular weight is 393 g/mol. The topological polar surface area (TPSA) is 40.5 Å². The summed E-state index contributed by atoms with van der Waals surface area (Å²) in [5.74, 6) is 0. The van der Waals surface area contributed by atoms with Crippen molar-refractivity contribution in [3.05, 3.63) is 71.1 Å². The highest BCUT2D eigenvalue weighted by atomic mass is 32.1. The van der Waals surface area contributed by atoms with Gasteiger partial charge in [0.25, 0.3) is 0 Å². The van der Waals surface area contributed by atoms with Crippen LogP contribution in [0.15, 0.2) is 65.1 Å². The van der Waals surface area contributed by atoms with Crippen LogP contribution in [-0.4, -0.2) is 28.2 Å². The second-order valence-corrected chi connectivity index (χ2v) is 8.23. The van der Waals surface area contributed by atoms with E-state index in [0.29, 0.717) is 12.1 Å². The Labute approximate surface area is 172 Å². The van der Waals surface area contributed by atoms with Crippen LogP contribution in [0.4, 0.5) is 5.13 Å². The maximum Gasteiger partial charge on any atom is 0.203 e. The van der Waals surface area contributed by atoms with Crippen molar-refractivity contribution in [2.75, 3.05) is 5.43 Å². The number of nitrogens with zero attached hydrogens (tertiary/aromatic N) is 3. The third kappa shape index (κ3) is 5.50. The number of rotatable bonds is 8. The number of nitrogens with one attached hydrogen (secondary N) is 1. The molecule has 0 radical (unpaired) electrons. The minimum atomic E-state index is 0.532. The average Bonchev–Trinajstić information content (AvgIpc) is 3.16. The van der Waals surface area contributed by atoms with Gasteiger partial charge in [-0.25, -0.2) is 4.98 Å². The molecular formula is C23H28N4S. The fraction of sp³-hybridized carbons (Fsp3) is 0.304. The number of thiazole rings is 1. The summed E-state index contributed by atoms with van der Waals surface area (Å²) in [6, 6.07) is 19.8. The van der Waals surface area contributed by atoms with Gasteiger partial charge in [0.2, 0.25) is 5.13 Å². The van der Waals surface area contributed by atoms with Crippen molar-refractivity contribution in [3.63, 3.8) is 0 Å². The van der Waals surface area contributed by atoms with Gasteiger partial charge in [-0.1, -0.05) is 54.6 Å². The van der Waals surface area contributed by atoms with Crippen LogP contribution in [0.25, 0.3) is 11.3 Å². The Balaban J connectivity index is 1.57. The van der Waals surface area contributed by atoms with Gasteiger partial charge in [0.05, 0.1) is 11.9 Å². The van der Waals surface area contributed by atoms with Crippen LogP contribution in [0.2, 0.25) is 0 Å². The molecule has 0 fully saturated rings. The molecule has 0 unspecified atom stereocenters. The quantitative estimate of drug-likeness (QED) is 0.385. The number of anilines is 1. The lowest BCUT2D eigenvalue weighted by Gasteiger charge is -2.30. The maximum absolute atomic E-state index is 4.58. The minimum absolute atomic E-state index is 0.532. The molecule has 0 saturated heterocycles. The van der Waals surface area contributed by atoms with E-state index in [2.05, 4.69) is 84.5 Å². The van der Waals surface area contributed by atoms with Crippen molar-refractivity contribution in [2.24, 2.45) is 5.10 Å². The van der Waals surface area contributed by atoms with Gasteiger partial charge in [-0.05, 0) is 38.8 Å². The molecule has 3 aromatic rings. The van der Waals surface area contributed by atoms with Crippen molar-refractivity contribution >= 4 is 22.7 Å². The van der Waals surface area contributed by atoms with E-state index in [-0.39, 0.29) is 0 Å². The lowest BCUT2D eigenvalue weighted by Crippen LogP contribution is -2.36. The fourth-order valence-electron chi connectivity index (χ4n) is 3.11. The molecule has 146 valence electrons. The lowest BCUT2D eigenvalue weighted by molar-refractivity contribution is 0.166. The number of hydrogen-bond acceptors (Lipinski definition) is 5. The Bertz CT molecular complexity index is 874. The fourth-order valence-corrected chi connectivity index (χ4v) is 3.78. The van der Waals surface area contributed by atoms with Gasteiger partial charge in [-0.3, -0.25) is 10.3 Å².